The lowest BCUT2D eigenvalue weighted by Crippen LogP contribution is -2.58. The Labute approximate surface area is 120 Å². The predicted molar refractivity (Wildman–Crippen MR) is 73.4 cm³/mol. The van der Waals surface area contributed by atoms with Crippen molar-refractivity contribution in [3.8, 4) is 0 Å². The maximum Gasteiger partial charge on any atom is 0.254 e. The number of carbonyl (C=O) groups excluding carboxylic acids is 2. The first kappa shape index (κ1) is 14.1. The van der Waals surface area contributed by atoms with Gasteiger partial charge in [-0.15, -0.1) is 0 Å². The molecule has 2 rings (SSSR count). The van der Waals surface area contributed by atoms with Gasteiger partial charge in [0.25, 0.3) is 5.91 Å². The Morgan fingerprint density at radius 3 is 2.68 bits per heavy atom. The molecule has 1 fully saturated rings. The zero-order valence-electron chi connectivity index (χ0n) is 10.0. The van der Waals surface area contributed by atoms with E-state index < -0.39 is 11.9 Å². The number of benzene rings is 1. The number of halogens is 2. The molecule has 1 aromatic rings. The molecule has 1 heterocycles. The summed E-state index contributed by atoms with van der Waals surface area (Å²) in [5.41, 5.74) is 5.70. The summed E-state index contributed by atoms with van der Waals surface area (Å²) in [6.45, 7) is 1.41. The molecule has 0 bridgehead atoms. The molecule has 0 saturated carbocycles. The first-order chi connectivity index (χ1) is 9.00. The highest BCUT2D eigenvalue weighted by Gasteiger charge is 2.31. The number of amides is 2. The molecule has 7 heteroatoms. The van der Waals surface area contributed by atoms with Gasteiger partial charge in [0.15, 0.2) is 0 Å². The van der Waals surface area contributed by atoms with Crippen LogP contribution in [0.2, 0.25) is 10.0 Å². The van der Waals surface area contributed by atoms with Gasteiger partial charge in [-0.1, -0.05) is 23.2 Å². The Bertz CT molecular complexity index is 522. The van der Waals surface area contributed by atoms with Crippen molar-refractivity contribution in [3.05, 3.63) is 33.8 Å². The summed E-state index contributed by atoms with van der Waals surface area (Å²) < 4.78 is 0. The zero-order valence-corrected chi connectivity index (χ0v) is 11.5. The molecule has 0 spiro atoms. The van der Waals surface area contributed by atoms with Crippen molar-refractivity contribution >= 4 is 35.0 Å². The van der Waals surface area contributed by atoms with E-state index in [1.54, 1.807) is 12.1 Å². The van der Waals surface area contributed by atoms with Crippen LogP contribution in [-0.4, -0.2) is 42.4 Å². The van der Waals surface area contributed by atoms with Gasteiger partial charge in [0.05, 0.1) is 10.0 Å². The summed E-state index contributed by atoms with van der Waals surface area (Å²) in [5.74, 6) is -0.801. The SMILES string of the molecule is NC(=O)C1CNCCN1C(=O)c1ccc(Cl)c(Cl)c1. The van der Waals surface area contributed by atoms with Crippen LogP contribution >= 0.6 is 23.2 Å². The summed E-state index contributed by atoms with van der Waals surface area (Å²) in [5, 5.41) is 3.71. The molecule has 5 nitrogen and oxygen atoms in total. The zero-order chi connectivity index (χ0) is 14.0. The number of nitrogens with two attached hydrogens (primary N) is 1. The summed E-state index contributed by atoms with van der Waals surface area (Å²) in [6, 6.07) is 3.98. The standard InChI is InChI=1S/C12H13Cl2N3O2/c13-8-2-1-7(5-9(8)14)12(19)17-4-3-16-6-10(17)11(15)18/h1-2,5,10,16H,3-4,6H2,(H2,15,18). The smallest absolute Gasteiger partial charge is 0.254 e. The summed E-state index contributed by atoms with van der Waals surface area (Å²) in [4.78, 5) is 25.2. The topological polar surface area (TPSA) is 75.4 Å². The largest absolute Gasteiger partial charge is 0.368 e. The van der Waals surface area contributed by atoms with Crippen LogP contribution in [0.1, 0.15) is 10.4 Å². The van der Waals surface area contributed by atoms with Crippen LogP contribution in [0.5, 0.6) is 0 Å². The van der Waals surface area contributed by atoms with Crippen LogP contribution in [0.15, 0.2) is 18.2 Å². The molecule has 3 N–H and O–H groups in total. The number of nitrogens with one attached hydrogen (secondary N) is 1. The molecule has 1 aliphatic rings. The molecular formula is C12H13Cl2N3O2. The highest BCUT2D eigenvalue weighted by atomic mass is 35.5. The van der Waals surface area contributed by atoms with Gasteiger partial charge in [0, 0.05) is 25.2 Å². The van der Waals surface area contributed by atoms with Crippen LogP contribution in [0.3, 0.4) is 0 Å². The van der Waals surface area contributed by atoms with E-state index in [2.05, 4.69) is 5.32 Å². The third-order valence-electron chi connectivity index (χ3n) is 3.00. The van der Waals surface area contributed by atoms with Crippen molar-refractivity contribution in [1.29, 1.82) is 0 Å². The van der Waals surface area contributed by atoms with E-state index in [1.165, 1.54) is 11.0 Å². The van der Waals surface area contributed by atoms with E-state index in [4.69, 9.17) is 28.9 Å². The van der Waals surface area contributed by atoms with E-state index in [1.807, 2.05) is 0 Å². The first-order valence-corrected chi connectivity index (χ1v) is 6.52. The summed E-state index contributed by atoms with van der Waals surface area (Å²) >= 11 is 11.7. The van der Waals surface area contributed by atoms with E-state index in [0.717, 1.165) is 0 Å². The molecule has 102 valence electrons. The van der Waals surface area contributed by atoms with Crippen molar-refractivity contribution in [2.75, 3.05) is 19.6 Å². The fourth-order valence-electron chi connectivity index (χ4n) is 2.00. The van der Waals surface area contributed by atoms with Gasteiger partial charge in [-0.3, -0.25) is 9.59 Å². The van der Waals surface area contributed by atoms with Gasteiger partial charge < -0.3 is 16.0 Å². The van der Waals surface area contributed by atoms with E-state index >= 15 is 0 Å². The Balaban J connectivity index is 2.26. The lowest BCUT2D eigenvalue weighted by molar-refractivity contribution is -0.122. The quantitative estimate of drug-likeness (QED) is 0.852. The van der Waals surface area contributed by atoms with E-state index in [-0.39, 0.29) is 5.91 Å². The second-order valence-electron chi connectivity index (χ2n) is 4.25. The number of primary amides is 1. The maximum absolute atomic E-state index is 12.4. The van der Waals surface area contributed by atoms with Crippen molar-refractivity contribution in [3.63, 3.8) is 0 Å². The van der Waals surface area contributed by atoms with Crippen molar-refractivity contribution < 1.29 is 9.59 Å². The number of carbonyl (C=O) groups is 2. The number of hydrogen-bond donors (Lipinski definition) is 2. The van der Waals surface area contributed by atoms with Crippen molar-refractivity contribution in [2.45, 2.75) is 6.04 Å². The summed E-state index contributed by atoms with van der Waals surface area (Å²) in [6.07, 6.45) is 0. The van der Waals surface area contributed by atoms with Crippen molar-refractivity contribution in [1.82, 2.24) is 10.2 Å². The Hall–Kier alpha value is -1.30. The minimum absolute atomic E-state index is 0.274. The Kier molecular flexibility index (Phi) is 4.29. The number of hydrogen-bond acceptors (Lipinski definition) is 3. The molecule has 19 heavy (non-hydrogen) atoms. The minimum Gasteiger partial charge on any atom is -0.368 e. The fraction of sp³-hybridized carbons (Fsp3) is 0.333. The van der Waals surface area contributed by atoms with Crippen LogP contribution < -0.4 is 11.1 Å². The molecule has 1 aromatic carbocycles. The number of rotatable bonds is 2. The van der Waals surface area contributed by atoms with Crippen LogP contribution in [0, 0.1) is 0 Å². The highest BCUT2D eigenvalue weighted by molar-refractivity contribution is 6.42. The molecule has 1 saturated heterocycles. The first-order valence-electron chi connectivity index (χ1n) is 5.76. The number of piperazine rings is 1. The van der Waals surface area contributed by atoms with Crippen molar-refractivity contribution in [2.24, 2.45) is 5.73 Å². The number of nitrogens with zero attached hydrogens (tertiary/aromatic N) is 1. The average molecular weight is 302 g/mol. The second kappa shape index (κ2) is 5.77. The Morgan fingerprint density at radius 1 is 1.32 bits per heavy atom. The van der Waals surface area contributed by atoms with Crippen LogP contribution in [0.25, 0.3) is 0 Å². The normalized spacial score (nSPS) is 19.3. The predicted octanol–water partition coefficient (Wildman–Crippen LogP) is 0.893. The van der Waals surface area contributed by atoms with Gasteiger partial charge in [-0.25, -0.2) is 0 Å². The fourth-order valence-corrected chi connectivity index (χ4v) is 2.29. The minimum atomic E-state index is -0.643. The average Bonchev–Trinajstić information content (AvgIpc) is 2.41. The van der Waals surface area contributed by atoms with Gasteiger partial charge in [-0.05, 0) is 18.2 Å². The lowest BCUT2D eigenvalue weighted by Gasteiger charge is -2.34. The molecule has 0 aliphatic carbocycles. The monoisotopic (exact) mass is 301 g/mol. The van der Waals surface area contributed by atoms with E-state index in [0.29, 0.717) is 35.2 Å². The van der Waals surface area contributed by atoms with E-state index in [9.17, 15) is 9.59 Å². The molecular weight excluding hydrogens is 289 g/mol. The van der Waals surface area contributed by atoms with Gasteiger partial charge in [0.2, 0.25) is 5.91 Å². The third kappa shape index (κ3) is 3.00. The maximum atomic E-state index is 12.4. The molecule has 1 unspecified atom stereocenters. The highest BCUT2D eigenvalue weighted by Crippen LogP contribution is 2.23. The van der Waals surface area contributed by atoms with Crippen LogP contribution in [0.4, 0.5) is 0 Å². The molecule has 1 atom stereocenters. The van der Waals surface area contributed by atoms with Gasteiger partial charge in [0.1, 0.15) is 6.04 Å². The van der Waals surface area contributed by atoms with Gasteiger partial charge >= 0.3 is 0 Å². The lowest BCUT2D eigenvalue weighted by atomic mass is 10.1. The molecule has 0 aromatic heterocycles. The van der Waals surface area contributed by atoms with Crippen LogP contribution in [-0.2, 0) is 4.79 Å². The molecule has 2 amide bonds. The van der Waals surface area contributed by atoms with Gasteiger partial charge in [-0.2, -0.15) is 0 Å². The molecule has 0 radical (unpaired) electrons. The second-order valence-corrected chi connectivity index (χ2v) is 5.06. The Morgan fingerprint density at radius 2 is 2.05 bits per heavy atom. The third-order valence-corrected chi connectivity index (χ3v) is 3.74. The molecule has 1 aliphatic heterocycles. The summed E-state index contributed by atoms with van der Waals surface area (Å²) in [7, 11) is 0.